The molecule has 1 radical (unpaired) electrons. The number of phenols is 1. The largest absolute Gasteiger partial charge is 0.569 e. The summed E-state index contributed by atoms with van der Waals surface area (Å²) in [7, 11) is 0.345. The van der Waals surface area contributed by atoms with Gasteiger partial charge in [-0.15, -0.1) is 0 Å². The van der Waals surface area contributed by atoms with Crippen LogP contribution in [0.1, 0.15) is 0 Å². The van der Waals surface area contributed by atoms with Gasteiger partial charge in [0.25, 0.3) is 0 Å². The van der Waals surface area contributed by atoms with Gasteiger partial charge in [0.15, 0.2) is 5.75 Å². The zero-order valence-electron chi connectivity index (χ0n) is 5.49. The average molecular weight is 155 g/mol. The summed E-state index contributed by atoms with van der Waals surface area (Å²) in [5.74, 6) is -1.62. The maximum Gasteiger partial charge on any atom is 0.569 e. The Kier molecular flexibility index (Phi) is 2.33. The molecule has 57 valence electrons. The van der Waals surface area contributed by atoms with E-state index in [0.717, 1.165) is 0 Å². The van der Waals surface area contributed by atoms with Gasteiger partial charge in [-0.1, -0.05) is 6.07 Å². The summed E-state index contributed by atoms with van der Waals surface area (Å²) in [6, 6.07) is 3.86. The summed E-state index contributed by atoms with van der Waals surface area (Å²) in [4.78, 5) is 0. The van der Waals surface area contributed by atoms with E-state index in [1.807, 2.05) is 0 Å². The Morgan fingerprint density at radius 1 is 1.45 bits per heavy atom. The predicted octanol–water partition coefficient (Wildman–Crippen LogP) is 0.437. The highest BCUT2D eigenvalue weighted by atomic mass is 19.1. The number of rotatable bonds is 2. The molecule has 0 bridgehead atoms. The van der Waals surface area contributed by atoms with E-state index in [4.69, 9.17) is 10.1 Å². The second-order valence-corrected chi connectivity index (χ2v) is 1.81. The molecule has 0 saturated heterocycles. The molecule has 11 heavy (non-hydrogen) atoms. The lowest BCUT2D eigenvalue weighted by Gasteiger charge is -2.02. The highest BCUT2D eigenvalue weighted by Gasteiger charge is 2.06. The van der Waals surface area contributed by atoms with Gasteiger partial charge in [-0.05, 0) is 12.1 Å². The summed E-state index contributed by atoms with van der Waals surface area (Å²) in [6.45, 7) is 0. The van der Waals surface area contributed by atoms with Gasteiger partial charge in [-0.2, -0.15) is 4.39 Å². The van der Waals surface area contributed by atoms with Crippen molar-refractivity contribution >= 4 is 7.69 Å². The number of halogens is 1. The second-order valence-electron chi connectivity index (χ2n) is 1.81. The smallest absolute Gasteiger partial charge is 0.535 e. The lowest BCUT2D eigenvalue weighted by Crippen LogP contribution is -2.01. The van der Waals surface area contributed by atoms with Crippen LogP contribution in [0.3, 0.4) is 0 Å². The van der Waals surface area contributed by atoms with E-state index in [-0.39, 0.29) is 5.75 Å². The monoisotopic (exact) mass is 155 g/mol. The molecule has 0 saturated carbocycles. The van der Waals surface area contributed by atoms with E-state index < -0.39 is 11.6 Å². The Labute approximate surface area is 63.4 Å². The van der Waals surface area contributed by atoms with Crippen LogP contribution in [-0.2, 0) is 0 Å². The summed E-state index contributed by atoms with van der Waals surface area (Å²) >= 11 is 0. The van der Waals surface area contributed by atoms with Crippen molar-refractivity contribution in [3.05, 3.63) is 24.0 Å². The van der Waals surface area contributed by atoms with Crippen molar-refractivity contribution in [2.75, 3.05) is 0 Å². The Hall–Kier alpha value is -1.23. The first-order chi connectivity index (χ1) is 5.25. The molecule has 2 N–H and O–H groups in total. The fraction of sp³-hybridized carbons (Fsp3) is 0. The highest BCUT2D eigenvalue weighted by molar-refractivity contribution is 6.17. The fourth-order valence-electron chi connectivity index (χ4n) is 0.647. The van der Waals surface area contributed by atoms with Crippen molar-refractivity contribution in [1.82, 2.24) is 0 Å². The van der Waals surface area contributed by atoms with E-state index in [1.54, 1.807) is 0 Å². The molecule has 0 amide bonds. The van der Waals surface area contributed by atoms with E-state index in [0.29, 0.717) is 7.69 Å². The molecule has 0 unspecified atom stereocenters. The maximum atomic E-state index is 12.7. The Morgan fingerprint density at radius 3 is 2.82 bits per heavy atom. The molecular formula is C6H5BFO3. The number of aromatic hydroxyl groups is 1. The van der Waals surface area contributed by atoms with E-state index in [9.17, 15) is 4.39 Å². The van der Waals surface area contributed by atoms with Crippen LogP contribution in [0.15, 0.2) is 18.2 Å². The average Bonchev–Trinajstić information content (AvgIpc) is 1.99. The lowest BCUT2D eigenvalue weighted by molar-refractivity contribution is 0.397. The van der Waals surface area contributed by atoms with Crippen LogP contribution in [0, 0.1) is 5.82 Å². The quantitative estimate of drug-likeness (QED) is 0.609. The highest BCUT2D eigenvalue weighted by Crippen LogP contribution is 2.24. The van der Waals surface area contributed by atoms with Gasteiger partial charge in [-0.3, -0.25) is 0 Å². The number of hydrogen-bond acceptors (Lipinski definition) is 3. The second kappa shape index (κ2) is 3.25. The predicted molar refractivity (Wildman–Crippen MR) is 36.7 cm³/mol. The molecule has 0 fully saturated rings. The Morgan fingerprint density at radius 2 is 2.18 bits per heavy atom. The lowest BCUT2D eigenvalue weighted by atomic mass is 10.3. The molecule has 0 aliphatic carbocycles. The van der Waals surface area contributed by atoms with Crippen LogP contribution in [0.4, 0.5) is 4.39 Å². The first kappa shape index (κ1) is 7.88. The third-order valence-electron chi connectivity index (χ3n) is 1.12. The topological polar surface area (TPSA) is 49.7 Å². The van der Waals surface area contributed by atoms with Crippen LogP contribution in [-0.4, -0.2) is 17.8 Å². The van der Waals surface area contributed by atoms with Crippen LogP contribution in [0.25, 0.3) is 0 Å². The zero-order chi connectivity index (χ0) is 8.27. The minimum Gasteiger partial charge on any atom is -0.535 e. The van der Waals surface area contributed by atoms with Crippen molar-refractivity contribution < 1.29 is 19.2 Å². The summed E-state index contributed by atoms with van der Waals surface area (Å²) in [5, 5.41) is 16.9. The molecule has 1 aromatic carbocycles. The summed E-state index contributed by atoms with van der Waals surface area (Å²) in [6.07, 6.45) is 0. The summed E-state index contributed by atoms with van der Waals surface area (Å²) < 4.78 is 17.0. The van der Waals surface area contributed by atoms with Gasteiger partial charge in [-0.25, -0.2) is 0 Å². The molecule has 3 nitrogen and oxygen atoms in total. The first-order valence-electron chi connectivity index (χ1n) is 2.85. The SMILES string of the molecule is O[B]Oc1cccc(O)c1F. The van der Waals surface area contributed by atoms with Gasteiger partial charge in [0, 0.05) is 0 Å². The number of benzene rings is 1. The molecule has 0 aliphatic heterocycles. The molecule has 0 atom stereocenters. The van der Waals surface area contributed by atoms with Crippen molar-refractivity contribution in [2.24, 2.45) is 0 Å². The van der Waals surface area contributed by atoms with E-state index >= 15 is 0 Å². The molecule has 0 aromatic heterocycles. The van der Waals surface area contributed by atoms with E-state index in [2.05, 4.69) is 4.65 Å². The molecular weight excluding hydrogens is 150 g/mol. The Bertz CT molecular complexity index is 254. The summed E-state index contributed by atoms with van der Waals surface area (Å²) in [5.41, 5.74) is 0. The molecule has 0 spiro atoms. The van der Waals surface area contributed by atoms with Crippen molar-refractivity contribution in [1.29, 1.82) is 0 Å². The third-order valence-corrected chi connectivity index (χ3v) is 1.12. The maximum absolute atomic E-state index is 12.7. The molecule has 5 heteroatoms. The van der Waals surface area contributed by atoms with Crippen LogP contribution in [0.5, 0.6) is 11.5 Å². The van der Waals surface area contributed by atoms with Gasteiger partial charge in [0.05, 0.1) is 0 Å². The van der Waals surface area contributed by atoms with Crippen molar-refractivity contribution in [3.63, 3.8) is 0 Å². The minimum absolute atomic E-state index is 0.215. The van der Waals surface area contributed by atoms with Crippen LogP contribution >= 0.6 is 0 Å². The molecule has 0 heterocycles. The van der Waals surface area contributed by atoms with Gasteiger partial charge < -0.3 is 14.8 Å². The fourth-order valence-corrected chi connectivity index (χ4v) is 0.647. The van der Waals surface area contributed by atoms with Gasteiger partial charge >= 0.3 is 7.69 Å². The normalized spacial score (nSPS) is 9.27. The molecule has 0 aliphatic rings. The van der Waals surface area contributed by atoms with Crippen LogP contribution in [0.2, 0.25) is 0 Å². The molecule has 1 rings (SSSR count). The first-order valence-corrected chi connectivity index (χ1v) is 2.85. The standard InChI is InChI=1S/C6H5BFO3/c8-6-4(9)2-1-3-5(6)11-7-10/h1-3,9-10H. The van der Waals surface area contributed by atoms with Crippen molar-refractivity contribution in [2.45, 2.75) is 0 Å². The van der Waals surface area contributed by atoms with Gasteiger partial charge in [0.1, 0.15) is 5.75 Å². The van der Waals surface area contributed by atoms with Crippen LogP contribution < -0.4 is 4.65 Å². The van der Waals surface area contributed by atoms with Crippen molar-refractivity contribution in [3.8, 4) is 11.5 Å². The van der Waals surface area contributed by atoms with E-state index in [1.165, 1.54) is 18.2 Å². The van der Waals surface area contributed by atoms with Gasteiger partial charge in [0.2, 0.25) is 5.82 Å². The number of phenolic OH excluding ortho intramolecular Hbond substituents is 1. The zero-order valence-corrected chi connectivity index (χ0v) is 5.49. The minimum atomic E-state index is -0.891. The Balaban J connectivity index is 2.96. The third kappa shape index (κ3) is 1.62. The molecule has 1 aromatic rings. The number of hydrogen-bond donors (Lipinski definition) is 2.